The Kier molecular flexibility index (Phi) is 4.76. The molecule has 1 amide bonds. The van der Waals surface area contributed by atoms with E-state index in [4.69, 9.17) is 4.74 Å². The van der Waals surface area contributed by atoms with Crippen LogP contribution in [0.2, 0.25) is 0 Å². The molecule has 6 nitrogen and oxygen atoms in total. The van der Waals surface area contributed by atoms with Crippen LogP contribution in [0.15, 0.2) is 60.7 Å². The van der Waals surface area contributed by atoms with Gasteiger partial charge in [-0.15, -0.1) is 0 Å². The molecule has 3 atom stereocenters. The van der Waals surface area contributed by atoms with Crippen LogP contribution in [0.5, 0.6) is 17.2 Å². The van der Waals surface area contributed by atoms with Gasteiger partial charge in [0.05, 0.1) is 11.4 Å². The first-order chi connectivity index (χ1) is 16.1. The molecule has 6 heteroatoms. The average Bonchev–Trinajstić information content (AvgIpc) is 3.15. The van der Waals surface area contributed by atoms with Crippen LogP contribution >= 0.6 is 0 Å². The third kappa shape index (κ3) is 3.51. The molecule has 3 heterocycles. The van der Waals surface area contributed by atoms with Crippen LogP contribution in [-0.4, -0.2) is 29.1 Å². The van der Waals surface area contributed by atoms with Crippen molar-refractivity contribution in [3.63, 3.8) is 0 Å². The molecule has 168 valence electrons. The van der Waals surface area contributed by atoms with Gasteiger partial charge in [0.2, 0.25) is 5.91 Å². The number of phenols is 1. The number of rotatable bonds is 3. The highest BCUT2D eigenvalue weighted by atomic mass is 16.5. The number of benzene rings is 3. The number of amides is 1. The number of para-hydroxylation sites is 2. The Morgan fingerprint density at radius 3 is 2.61 bits per heavy atom. The van der Waals surface area contributed by atoms with Gasteiger partial charge in [0.25, 0.3) is 0 Å². The molecule has 3 aliphatic rings. The Morgan fingerprint density at radius 1 is 1.03 bits per heavy atom. The van der Waals surface area contributed by atoms with Crippen LogP contribution in [0, 0.1) is 0 Å². The summed E-state index contributed by atoms with van der Waals surface area (Å²) in [6.07, 6.45) is 4.59. The fraction of sp³-hybridized carbons (Fsp3) is 0.296. The van der Waals surface area contributed by atoms with E-state index in [0.717, 1.165) is 41.0 Å². The summed E-state index contributed by atoms with van der Waals surface area (Å²) in [7, 11) is 0. The van der Waals surface area contributed by atoms with Crippen LogP contribution in [0.4, 0.5) is 17.1 Å². The first kappa shape index (κ1) is 20.1. The van der Waals surface area contributed by atoms with Gasteiger partial charge in [0, 0.05) is 36.3 Å². The Balaban J connectivity index is 1.45. The van der Waals surface area contributed by atoms with E-state index >= 15 is 0 Å². The molecule has 2 fully saturated rings. The molecular formula is C27H27N3O3. The zero-order chi connectivity index (χ0) is 22.5. The van der Waals surface area contributed by atoms with Crippen molar-refractivity contribution in [2.24, 2.45) is 0 Å². The van der Waals surface area contributed by atoms with E-state index in [1.54, 1.807) is 6.07 Å². The van der Waals surface area contributed by atoms with Gasteiger partial charge in [-0.05, 0) is 61.6 Å². The van der Waals surface area contributed by atoms with E-state index in [0.29, 0.717) is 29.6 Å². The number of carbonyl (C=O) groups is 1. The number of piperidine rings is 1. The quantitative estimate of drug-likeness (QED) is 0.497. The lowest BCUT2D eigenvalue weighted by molar-refractivity contribution is -0.114. The van der Waals surface area contributed by atoms with E-state index in [1.807, 2.05) is 42.5 Å². The smallest absolute Gasteiger partial charge is 0.221 e. The van der Waals surface area contributed by atoms with Crippen molar-refractivity contribution in [1.29, 1.82) is 0 Å². The third-order valence-corrected chi connectivity index (χ3v) is 7.03. The van der Waals surface area contributed by atoms with Gasteiger partial charge in [0.1, 0.15) is 0 Å². The number of hydrogen-bond donors (Lipinski definition) is 3. The van der Waals surface area contributed by atoms with Crippen molar-refractivity contribution in [1.82, 2.24) is 5.32 Å². The SMILES string of the molecule is CC(=O)Nc1ccccc1-c1ccc2c(c1)Oc1c(O)cccc1N2C1C[C@H]2CC[C@@H](C1)N2. The lowest BCUT2D eigenvalue weighted by Gasteiger charge is -2.42. The highest BCUT2D eigenvalue weighted by molar-refractivity contribution is 5.94. The highest BCUT2D eigenvalue weighted by Gasteiger charge is 2.40. The van der Waals surface area contributed by atoms with Crippen molar-refractivity contribution < 1.29 is 14.6 Å². The second kappa shape index (κ2) is 7.81. The minimum absolute atomic E-state index is 0.109. The van der Waals surface area contributed by atoms with Crippen molar-refractivity contribution in [3.05, 3.63) is 60.7 Å². The second-order valence-corrected chi connectivity index (χ2v) is 9.27. The number of nitrogens with one attached hydrogen (secondary N) is 2. The van der Waals surface area contributed by atoms with Gasteiger partial charge in [-0.25, -0.2) is 0 Å². The number of fused-ring (bicyclic) bond motifs is 4. The summed E-state index contributed by atoms with van der Waals surface area (Å²) in [6.45, 7) is 1.51. The number of phenolic OH excluding ortho intramolecular Hbond substituents is 1. The molecule has 0 saturated carbocycles. The predicted molar refractivity (Wildman–Crippen MR) is 129 cm³/mol. The Bertz CT molecular complexity index is 1230. The Labute approximate surface area is 193 Å². The maximum atomic E-state index is 11.7. The third-order valence-electron chi connectivity index (χ3n) is 7.03. The number of nitrogens with zero attached hydrogens (tertiary/aromatic N) is 1. The first-order valence-corrected chi connectivity index (χ1v) is 11.6. The van der Waals surface area contributed by atoms with Crippen LogP contribution in [0.3, 0.4) is 0 Å². The molecule has 3 aromatic rings. The van der Waals surface area contributed by atoms with E-state index < -0.39 is 0 Å². The van der Waals surface area contributed by atoms with Gasteiger partial charge in [0.15, 0.2) is 17.2 Å². The van der Waals surface area contributed by atoms with E-state index in [-0.39, 0.29) is 11.7 Å². The van der Waals surface area contributed by atoms with Gasteiger partial charge >= 0.3 is 0 Å². The molecule has 2 saturated heterocycles. The van der Waals surface area contributed by atoms with Crippen LogP contribution in [-0.2, 0) is 4.79 Å². The Hall–Kier alpha value is -3.51. The van der Waals surface area contributed by atoms with E-state index in [2.05, 4.69) is 27.7 Å². The van der Waals surface area contributed by atoms with Crippen LogP contribution in [0.25, 0.3) is 11.1 Å². The van der Waals surface area contributed by atoms with Crippen LogP contribution in [0.1, 0.15) is 32.6 Å². The minimum atomic E-state index is -0.109. The molecule has 6 rings (SSSR count). The summed E-state index contributed by atoms with van der Waals surface area (Å²) in [5.74, 6) is 1.25. The molecule has 3 N–H and O–H groups in total. The summed E-state index contributed by atoms with van der Waals surface area (Å²) in [5, 5.41) is 17.3. The second-order valence-electron chi connectivity index (χ2n) is 9.27. The maximum absolute atomic E-state index is 11.7. The van der Waals surface area contributed by atoms with E-state index in [9.17, 15) is 9.90 Å². The molecular weight excluding hydrogens is 414 g/mol. The molecule has 3 aromatic carbocycles. The summed E-state index contributed by atoms with van der Waals surface area (Å²) in [4.78, 5) is 14.1. The van der Waals surface area contributed by atoms with Crippen molar-refractivity contribution in [2.75, 3.05) is 10.2 Å². The predicted octanol–water partition coefficient (Wildman–Crippen LogP) is 5.54. The monoisotopic (exact) mass is 441 g/mol. The fourth-order valence-electron chi connectivity index (χ4n) is 5.67. The minimum Gasteiger partial charge on any atom is -0.504 e. The number of hydrogen-bond acceptors (Lipinski definition) is 5. The largest absolute Gasteiger partial charge is 0.504 e. The van der Waals surface area contributed by atoms with Gasteiger partial charge in [-0.2, -0.15) is 0 Å². The molecule has 0 spiro atoms. The topological polar surface area (TPSA) is 73.8 Å². The van der Waals surface area contributed by atoms with Crippen molar-refractivity contribution in [3.8, 4) is 28.4 Å². The lowest BCUT2D eigenvalue weighted by Crippen LogP contribution is -2.47. The summed E-state index contributed by atoms with van der Waals surface area (Å²) in [6, 6.07) is 21.0. The number of anilines is 3. The maximum Gasteiger partial charge on any atom is 0.221 e. The fourth-order valence-corrected chi connectivity index (χ4v) is 5.67. The van der Waals surface area contributed by atoms with Gasteiger partial charge < -0.3 is 25.4 Å². The number of aromatic hydroxyl groups is 1. The molecule has 33 heavy (non-hydrogen) atoms. The van der Waals surface area contributed by atoms with Gasteiger partial charge in [-0.1, -0.05) is 30.3 Å². The molecule has 1 unspecified atom stereocenters. The molecule has 2 bridgehead atoms. The molecule has 3 aliphatic heterocycles. The van der Waals surface area contributed by atoms with E-state index in [1.165, 1.54) is 19.8 Å². The zero-order valence-corrected chi connectivity index (χ0v) is 18.5. The Morgan fingerprint density at radius 2 is 1.82 bits per heavy atom. The van der Waals surface area contributed by atoms with Crippen molar-refractivity contribution >= 4 is 23.0 Å². The number of ether oxygens (including phenoxy) is 1. The lowest BCUT2D eigenvalue weighted by atomic mass is 9.95. The standard InChI is InChI=1S/C27H27N3O3/c1-16(31)28-22-6-3-2-5-21(22)17-9-12-23-26(13-17)33-27-24(7-4-8-25(27)32)30(23)20-14-18-10-11-19(15-20)29-18/h2-9,12-13,18-20,29,32H,10-11,14-15H2,1H3,(H,28,31)/t18-,19+,20?. The van der Waals surface area contributed by atoms with Crippen molar-refractivity contribution in [2.45, 2.75) is 50.7 Å². The van der Waals surface area contributed by atoms with Crippen LogP contribution < -0.4 is 20.3 Å². The summed E-state index contributed by atoms with van der Waals surface area (Å²) >= 11 is 0. The van der Waals surface area contributed by atoms with Gasteiger partial charge in [-0.3, -0.25) is 4.79 Å². The first-order valence-electron chi connectivity index (χ1n) is 11.6. The normalized spacial score (nSPS) is 22.8. The number of carbonyl (C=O) groups excluding carboxylic acids is 1. The highest BCUT2D eigenvalue weighted by Crippen LogP contribution is 2.53. The molecule has 0 aliphatic carbocycles. The zero-order valence-electron chi connectivity index (χ0n) is 18.5. The summed E-state index contributed by atoms with van der Waals surface area (Å²) in [5.41, 5.74) is 4.56. The molecule has 0 aromatic heterocycles. The average molecular weight is 442 g/mol. The molecule has 0 radical (unpaired) electrons. The summed E-state index contributed by atoms with van der Waals surface area (Å²) < 4.78 is 6.29.